The van der Waals surface area contributed by atoms with E-state index in [0.717, 1.165) is 49.6 Å². The summed E-state index contributed by atoms with van der Waals surface area (Å²) in [6.07, 6.45) is 4.93. The summed E-state index contributed by atoms with van der Waals surface area (Å²) in [5.74, 6) is -0.521. The number of pyridine rings is 1. The zero-order valence-electron chi connectivity index (χ0n) is 24.8. The average molecular weight is 639 g/mol. The number of nitrogens with one attached hydrogen (secondary N) is 3. The van der Waals surface area contributed by atoms with Crippen LogP contribution in [0.15, 0.2) is 66.9 Å². The number of benzene rings is 2. The lowest BCUT2D eigenvalue weighted by molar-refractivity contribution is -0.000509. The second-order valence-electron chi connectivity index (χ2n) is 11.8. The number of nitrogens with zero attached hydrogens (tertiary/aromatic N) is 3. The molecule has 0 unspecified atom stereocenters. The van der Waals surface area contributed by atoms with Crippen molar-refractivity contribution in [1.82, 2.24) is 4.98 Å². The van der Waals surface area contributed by atoms with Gasteiger partial charge in [-0.05, 0) is 85.5 Å². The number of ether oxygens (including phenoxy) is 2. The Labute approximate surface area is 268 Å². The molecule has 0 bridgehead atoms. The molecule has 46 heavy (non-hydrogen) atoms. The van der Waals surface area contributed by atoms with E-state index in [2.05, 4.69) is 15.2 Å². The fraction of sp³-hybridized carbons (Fsp3) is 0.265. The standard InChI is InChI=1S/C34H31FN6O4S/c35-23-5-8-25-27(17-23)41(13-9-22-16-28(46-29(22)25)30(37)45-20-36)33(43)21-3-6-24(7-4-21)39-32(42)26-2-1-12-38-31(26)40-18-34(19-40)10-14-44-15-11-34/h1-8,12,16-17,20,36-37H,9-11,13-15,18-19H2,(H,39,42). The van der Waals surface area contributed by atoms with Gasteiger partial charge in [-0.1, -0.05) is 0 Å². The lowest BCUT2D eigenvalue weighted by Gasteiger charge is -2.53. The molecule has 3 aliphatic heterocycles. The molecule has 4 aromatic rings. The van der Waals surface area contributed by atoms with Crippen LogP contribution in [0.5, 0.6) is 0 Å². The summed E-state index contributed by atoms with van der Waals surface area (Å²) in [5.41, 5.74) is 3.69. The van der Waals surface area contributed by atoms with Crippen LogP contribution in [-0.4, -0.2) is 61.9 Å². The van der Waals surface area contributed by atoms with Gasteiger partial charge in [0.25, 0.3) is 11.8 Å². The quantitative estimate of drug-likeness (QED) is 0.176. The topological polar surface area (TPSA) is 132 Å². The number of halogens is 1. The molecule has 2 aromatic carbocycles. The molecule has 7 rings (SSSR count). The van der Waals surface area contributed by atoms with E-state index in [1.54, 1.807) is 53.6 Å². The third-order valence-electron chi connectivity index (χ3n) is 8.88. The molecule has 2 aromatic heterocycles. The summed E-state index contributed by atoms with van der Waals surface area (Å²) in [7, 11) is 0. The summed E-state index contributed by atoms with van der Waals surface area (Å²) in [6, 6.07) is 16.4. The number of fused-ring (bicyclic) bond motifs is 3. The number of hydrogen-bond acceptors (Lipinski definition) is 9. The van der Waals surface area contributed by atoms with Gasteiger partial charge in [-0.15, -0.1) is 11.3 Å². The highest BCUT2D eigenvalue weighted by Crippen LogP contribution is 2.43. The molecule has 0 aliphatic carbocycles. The Hall–Kier alpha value is -4.94. The molecule has 3 aliphatic rings. The van der Waals surface area contributed by atoms with Gasteiger partial charge >= 0.3 is 0 Å². The summed E-state index contributed by atoms with van der Waals surface area (Å²) >= 11 is 1.31. The van der Waals surface area contributed by atoms with Crippen LogP contribution in [0.1, 0.15) is 44.0 Å². The van der Waals surface area contributed by atoms with Crippen molar-refractivity contribution in [3.05, 3.63) is 94.2 Å². The van der Waals surface area contributed by atoms with Crippen LogP contribution in [0.3, 0.4) is 0 Å². The van der Waals surface area contributed by atoms with Crippen LogP contribution in [0.25, 0.3) is 10.4 Å². The van der Waals surface area contributed by atoms with Crippen molar-refractivity contribution in [3.8, 4) is 10.4 Å². The van der Waals surface area contributed by atoms with Gasteiger partial charge < -0.3 is 24.6 Å². The van der Waals surface area contributed by atoms with E-state index < -0.39 is 5.82 Å². The molecule has 2 fully saturated rings. The number of carbonyl (C=O) groups excluding carboxylic acids is 2. The van der Waals surface area contributed by atoms with Crippen molar-refractivity contribution >= 4 is 52.6 Å². The minimum atomic E-state index is -0.467. The fourth-order valence-corrected chi connectivity index (χ4v) is 7.60. The number of anilines is 3. The van der Waals surface area contributed by atoms with E-state index in [1.807, 2.05) is 6.07 Å². The van der Waals surface area contributed by atoms with Gasteiger partial charge in [0, 0.05) is 66.2 Å². The van der Waals surface area contributed by atoms with Crippen LogP contribution in [0, 0.1) is 22.1 Å². The zero-order chi connectivity index (χ0) is 31.8. The van der Waals surface area contributed by atoms with E-state index in [9.17, 15) is 14.0 Å². The first-order valence-electron chi connectivity index (χ1n) is 15.0. The van der Waals surface area contributed by atoms with Crippen molar-refractivity contribution in [3.63, 3.8) is 0 Å². The summed E-state index contributed by atoms with van der Waals surface area (Å²) < 4.78 is 25.0. The van der Waals surface area contributed by atoms with Crippen LogP contribution in [0.2, 0.25) is 0 Å². The van der Waals surface area contributed by atoms with Crippen molar-refractivity contribution in [2.45, 2.75) is 19.3 Å². The van der Waals surface area contributed by atoms with Gasteiger partial charge in [-0.25, -0.2) is 9.37 Å². The molecule has 2 saturated heterocycles. The van der Waals surface area contributed by atoms with Crippen LogP contribution in [-0.2, 0) is 15.9 Å². The summed E-state index contributed by atoms with van der Waals surface area (Å²) in [6.45, 7) is 3.55. The maximum Gasteiger partial charge on any atom is 0.259 e. The third-order valence-corrected chi connectivity index (χ3v) is 10.1. The minimum absolute atomic E-state index is 0.138. The number of aromatic nitrogens is 1. The number of thiophene rings is 1. The largest absolute Gasteiger partial charge is 0.427 e. The second-order valence-corrected chi connectivity index (χ2v) is 12.8. The average Bonchev–Trinajstić information content (AvgIpc) is 3.42. The van der Waals surface area contributed by atoms with Crippen molar-refractivity contribution in [1.29, 1.82) is 10.8 Å². The van der Waals surface area contributed by atoms with E-state index in [-0.39, 0.29) is 23.1 Å². The lowest BCUT2D eigenvalue weighted by atomic mass is 9.73. The van der Waals surface area contributed by atoms with E-state index in [4.69, 9.17) is 20.3 Å². The lowest BCUT2D eigenvalue weighted by Crippen LogP contribution is -2.59. The molecule has 3 N–H and O–H groups in total. The fourth-order valence-electron chi connectivity index (χ4n) is 6.47. The first-order valence-corrected chi connectivity index (χ1v) is 15.8. The van der Waals surface area contributed by atoms with Gasteiger partial charge in [-0.3, -0.25) is 20.4 Å². The normalized spacial score (nSPS) is 16.5. The SMILES string of the molecule is N=COC(=N)c1cc2c(s1)-c1ccc(F)cc1N(C(=O)c1ccc(NC(=O)c3cccnc3N3CC4(CCOCC4)C3)cc1)CC2. The Balaban J connectivity index is 1.08. The molecular weight excluding hydrogens is 607 g/mol. The highest BCUT2D eigenvalue weighted by atomic mass is 32.1. The molecule has 2 amide bonds. The Kier molecular flexibility index (Phi) is 7.83. The molecule has 12 heteroatoms. The highest BCUT2D eigenvalue weighted by molar-refractivity contribution is 7.17. The van der Waals surface area contributed by atoms with Crippen LogP contribution in [0.4, 0.5) is 21.6 Å². The maximum absolute atomic E-state index is 14.5. The molecule has 0 atom stereocenters. The predicted octanol–water partition coefficient (Wildman–Crippen LogP) is 5.97. The monoisotopic (exact) mass is 638 g/mol. The molecule has 10 nitrogen and oxygen atoms in total. The van der Waals surface area contributed by atoms with Gasteiger partial charge in [0.2, 0.25) is 5.90 Å². The predicted molar refractivity (Wildman–Crippen MR) is 175 cm³/mol. The Morgan fingerprint density at radius 3 is 2.63 bits per heavy atom. The maximum atomic E-state index is 14.5. The van der Waals surface area contributed by atoms with Crippen LogP contribution < -0.4 is 15.1 Å². The van der Waals surface area contributed by atoms with Gasteiger partial charge in [0.1, 0.15) is 11.6 Å². The Morgan fingerprint density at radius 2 is 1.87 bits per heavy atom. The molecule has 0 saturated carbocycles. The number of rotatable bonds is 6. The number of hydrogen-bond donors (Lipinski definition) is 3. The first-order chi connectivity index (χ1) is 22.3. The van der Waals surface area contributed by atoms with E-state index >= 15 is 0 Å². The molecule has 0 radical (unpaired) electrons. The van der Waals surface area contributed by atoms with Crippen molar-refractivity contribution < 1.29 is 23.5 Å². The van der Waals surface area contributed by atoms with Crippen LogP contribution >= 0.6 is 11.3 Å². The number of amides is 2. The highest BCUT2D eigenvalue weighted by Gasteiger charge is 2.45. The molecule has 234 valence electrons. The van der Waals surface area contributed by atoms with Gasteiger partial charge in [0.15, 0.2) is 6.40 Å². The minimum Gasteiger partial charge on any atom is -0.427 e. The summed E-state index contributed by atoms with van der Waals surface area (Å²) in [5, 5.41) is 18.1. The Bertz CT molecular complexity index is 1840. The molecule has 1 spiro atoms. The van der Waals surface area contributed by atoms with Gasteiger partial charge in [0.05, 0.1) is 16.1 Å². The smallest absolute Gasteiger partial charge is 0.259 e. The van der Waals surface area contributed by atoms with Gasteiger partial charge in [-0.2, -0.15) is 0 Å². The first kappa shape index (κ1) is 29.8. The third kappa shape index (κ3) is 5.54. The molecule has 5 heterocycles. The Morgan fingerprint density at radius 1 is 1.09 bits per heavy atom. The molecular formula is C34H31FN6O4S. The number of carbonyl (C=O) groups is 2. The zero-order valence-corrected chi connectivity index (χ0v) is 25.7. The second kappa shape index (κ2) is 12.1. The van der Waals surface area contributed by atoms with E-state index in [1.165, 1.54) is 23.5 Å². The van der Waals surface area contributed by atoms with Crippen molar-refractivity contribution in [2.75, 3.05) is 48.0 Å². The van der Waals surface area contributed by atoms with E-state index in [0.29, 0.717) is 58.1 Å². The summed E-state index contributed by atoms with van der Waals surface area (Å²) in [4.78, 5) is 36.8. The van der Waals surface area contributed by atoms with Crippen molar-refractivity contribution in [2.24, 2.45) is 5.41 Å².